The summed E-state index contributed by atoms with van der Waals surface area (Å²) in [5.41, 5.74) is 1.52. The fourth-order valence-corrected chi connectivity index (χ4v) is 2.19. The molecule has 0 atom stereocenters. The van der Waals surface area contributed by atoms with Gasteiger partial charge < -0.3 is 9.73 Å². The predicted octanol–water partition coefficient (Wildman–Crippen LogP) is 3.44. The maximum Gasteiger partial charge on any atom is 0.327 e. The van der Waals surface area contributed by atoms with Gasteiger partial charge in [-0.2, -0.15) is 11.3 Å². The second kappa shape index (κ2) is 5.54. The van der Waals surface area contributed by atoms with Crippen LogP contribution in [-0.4, -0.2) is 16.2 Å². The predicted molar refractivity (Wildman–Crippen MR) is 76.7 cm³/mol. The first kappa shape index (κ1) is 12.4. The van der Waals surface area contributed by atoms with Crippen LogP contribution in [0.15, 0.2) is 51.6 Å². The Bertz CT molecular complexity index is 694. The van der Waals surface area contributed by atoms with E-state index in [0.717, 1.165) is 5.56 Å². The number of carbonyl (C=O) groups is 1. The normalized spacial score (nSPS) is 10.2. The largest absolute Gasteiger partial charge is 0.403 e. The van der Waals surface area contributed by atoms with Crippen LogP contribution in [0.4, 0.5) is 16.5 Å². The summed E-state index contributed by atoms with van der Waals surface area (Å²) in [6, 6.07) is 10.6. The van der Waals surface area contributed by atoms with E-state index in [4.69, 9.17) is 4.42 Å². The number of benzene rings is 1. The first-order chi connectivity index (χ1) is 9.81. The molecule has 0 aliphatic heterocycles. The number of aromatic nitrogens is 2. The Kier molecular flexibility index (Phi) is 3.42. The van der Waals surface area contributed by atoms with Gasteiger partial charge in [-0.1, -0.05) is 23.3 Å². The maximum atomic E-state index is 11.7. The molecule has 0 unspecified atom stereocenters. The number of rotatable bonds is 3. The average Bonchev–Trinajstić information content (AvgIpc) is 3.10. The van der Waals surface area contributed by atoms with Crippen LogP contribution in [0, 0.1) is 0 Å². The Morgan fingerprint density at radius 1 is 1.10 bits per heavy atom. The topological polar surface area (TPSA) is 80.0 Å². The Labute approximate surface area is 118 Å². The van der Waals surface area contributed by atoms with Crippen LogP contribution in [0.2, 0.25) is 0 Å². The number of anilines is 2. The summed E-state index contributed by atoms with van der Waals surface area (Å²) in [6.07, 6.45) is 0. The van der Waals surface area contributed by atoms with E-state index in [0.29, 0.717) is 11.6 Å². The van der Waals surface area contributed by atoms with Gasteiger partial charge >= 0.3 is 12.0 Å². The molecule has 2 heterocycles. The van der Waals surface area contributed by atoms with E-state index in [2.05, 4.69) is 20.8 Å². The Hall–Kier alpha value is -2.67. The molecule has 20 heavy (non-hydrogen) atoms. The first-order valence-electron chi connectivity index (χ1n) is 5.80. The third-order valence-electron chi connectivity index (χ3n) is 2.45. The summed E-state index contributed by atoms with van der Waals surface area (Å²) in [4.78, 5) is 11.7. The minimum Gasteiger partial charge on any atom is -0.403 e. The van der Waals surface area contributed by atoms with E-state index in [9.17, 15) is 4.79 Å². The highest BCUT2D eigenvalue weighted by molar-refractivity contribution is 7.08. The van der Waals surface area contributed by atoms with Gasteiger partial charge in [-0.05, 0) is 23.6 Å². The lowest BCUT2D eigenvalue weighted by atomic mass is 10.3. The van der Waals surface area contributed by atoms with Crippen molar-refractivity contribution in [3.05, 3.63) is 47.2 Å². The fourth-order valence-electron chi connectivity index (χ4n) is 1.56. The minimum absolute atomic E-state index is 0.0552. The molecule has 0 aliphatic rings. The van der Waals surface area contributed by atoms with Gasteiger partial charge in [0.1, 0.15) is 0 Å². The SMILES string of the molecule is O=C(Nc1ccccc1)Nc1nnc(-c2ccsc2)o1. The van der Waals surface area contributed by atoms with Crippen molar-refractivity contribution >= 4 is 29.1 Å². The van der Waals surface area contributed by atoms with Crippen LogP contribution >= 0.6 is 11.3 Å². The van der Waals surface area contributed by atoms with Crippen molar-refractivity contribution in [2.75, 3.05) is 10.6 Å². The van der Waals surface area contributed by atoms with Gasteiger partial charge in [-0.15, -0.1) is 5.10 Å². The van der Waals surface area contributed by atoms with Crippen LogP contribution in [0.1, 0.15) is 0 Å². The molecule has 2 aromatic heterocycles. The molecule has 0 aliphatic carbocycles. The molecule has 1 aromatic carbocycles. The molecule has 2 amide bonds. The number of hydrogen-bond donors (Lipinski definition) is 2. The summed E-state index contributed by atoms with van der Waals surface area (Å²) in [7, 11) is 0. The lowest BCUT2D eigenvalue weighted by molar-refractivity contribution is 0.261. The lowest BCUT2D eigenvalue weighted by Gasteiger charge is -2.03. The van der Waals surface area contributed by atoms with Gasteiger partial charge in [0.25, 0.3) is 5.89 Å². The molecular weight excluding hydrogens is 276 g/mol. The molecule has 6 nitrogen and oxygen atoms in total. The maximum absolute atomic E-state index is 11.7. The van der Waals surface area contributed by atoms with Crippen molar-refractivity contribution in [1.82, 2.24) is 10.2 Å². The minimum atomic E-state index is -0.434. The Balaban J connectivity index is 1.65. The Morgan fingerprint density at radius 2 is 1.95 bits per heavy atom. The van der Waals surface area contributed by atoms with E-state index in [1.54, 1.807) is 12.1 Å². The van der Waals surface area contributed by atoms with Crippen molar-refractivity contribution in [3.8, 4) is 11.5 Å². The zero-order valence-corrected chi connectivity index (χ0v) is 11.1. The van der Waals surface area contributed by atoms with Gasteiger partial charge in [-0.25, -0.2) is 4.79 Å². The smallest absolute Gasteiger partial charge is 0.327 e. The molecule has 100 valence electrons. The summed E-state index contributed by atoms with van der Waals surface area (Å²) in [5, 5.41) is 16.6. The molecule has 0 saturated heterocycles. The third-order valence-corrected chi connectivity index (χ3v) is 3.13. The molecule has 0 bridgehead atoms. The highest BCUT2D eigenvalue weighted by atomic mass is 32.1. The van der Waals surface area contributed by atoms with Crippen LogP contribution in [0.5, 0.6) is 0 Å². The monoisotopic (exact) mass is 286 g/mol. The van der Waals surface area contributed by atoms with Crippen LogP contribution in [-0.2, 0) is 0 Å². The molecule has 3 aromatic rings. The summed E-state index contributed by atoms with van der Waals surface area (Å²) < 4.78 is 5.35. The van der Waals surface area contributed by atoms with Crippen molar-refractivity contribution in [2.24, 2.45) is 0 Å². The standard InChI is InChI=1S/C13H10N4O2S/c18-12(14-10-4-2-1-3-5-10)15-13-17-16-11(19-13)9-6-7-20-8-9/h1-8H,(H2,14,15,17,18). The van der Waals surface area contributed by atoms with Crippen molar-refractivity contribution in [2.45, 2.75) is 0 Å². The summed E-state index contributed by atoms with van der Waals surface area (Å²) >= 11 is 1.53. The quantitative estimate of drug-likeness (QED) is 0.773. The molecule has 0 spiro atoms. The second-order valence-electron chi connectivity index (χ2n) is 3.87. The molecule has 0 fully saturated rings. The molecule has 0 saturated carbocycles. The molecule has 2 N–H and O–H groups in total. The number of urea groups is 1. The van der Waals surface area contributed by atoms with Gasteiger partial charge in [-0.3, -0.25) is 5.32 Å². The summed E-state index contributed by atoms with van der Waals surface area (Å²) in [6.45, 7) is 0. The van der Waals surface area contributed by atoms with Crippen LogP contribution < -0.4 is 10.6 Å². The highest BCUT2D eigenvalue weighted by Gasteiger charge is 2.11. The van der Waals surface area contributed by atoms with E-state index < -0.39 is 6.03 Å². The zero-order valence-electron chi connectivity index (χ0n) is 10.2. The molecule has 3 rings (SSSR count). The number of thiophene rings is 1. The fraction of sp³-hybridized carbons (Fsp3) is 0. The molecule has 0 radical (unpaired) electrons. The van der Waals surface area contributed by atoms with Crippen LogP contribution in [0.25, 0.3) is 11.5 Å². The van der Waals surface area contributed by atoms with E-state index >= 15 is 0 Å². The first-order valence-corrected chi connectivity index (χ1v) is 6.75. The highest BCUT2D eigenvalue weighted by Crippen LogP contribution is 2.22. The molecule has 7 heteroatoms. The van der Waals surface area contributed by atoms with Crippen molar-refractivity contribution in [1.29, 1.82) is 0 Å². The van der Waals surface area contributed by atoms with E-state index in [1.165, 1.54) is 11.3 Å². The number of nitrogens with one attached hydrogen (secondary N) is 2. The number of nitrogens with zero attached hydrogens (tertiary/aromatic N) is 2. The average molecular weight is 286 g/mol. The number of carbonyl (C=O) groups excluding carboxylic acids is 1. The van der Waals surface area contributed by atoms with Crippen molar-refractivity contribution < 1.29 is 9.21 Å². The number of hydrogen-bond acceptors (Lipinski definition) is 5. The van der Waals surface area contributed by atoms with E-state index in [-0.39, 0.29) is 6.01 Å². The van der Waals surface area contributed by atoms with Crippen molar-refractivity contribution in [3.63, 3.8) is 0 Å². The van der Waals surface area contributed by atoms with Gasteiger partial charge in [0.15, 0.2) is 0 Å². The second-order valence-corrected chi connectivity index (χ2v) is 4.65. The van der Waals surface area contributed by atoms with Gasteiger partial charge in [0.05, 0.1) is 0 Å². The third kappa shape index (κ3) is 2.83. The molecular formula is C13H10N4O2S. The zero-order chi connectivity index (χ0) is 13.8. The van der Waals surface area contributed by atoms with Gasteiger partial charge in [0, 0.05) is 16.6 Å². The van der Waals surface area contributed by atoms with Crippen LogP contribution in [0.3, 0.4) is 0 Å². The number of amides is 2. The van der Waals surface area contributed by atoms with Gasteiger partial charge in [0.2, 0.25) is 0 Å². The Morgan fingerprint density at radius 3 is 2.70 bits per heavy atom. The summed E-state index contributed by atoms with van der Waals surface area (Å²) in [5.74, 6) is 0.376. The number of para-hydroxylation sites is 1. The van der Waals surface area contributed by atoms with E-state index in [1.807, 2.05) is 35.0 Å². The lowest BCUT2D eigenvalue weighted by Crippen LogP contribution is -2.19.